The van der Waals surface area contributed by atoms with Gasteiger partial charge in [-0.1, -0.05) is 12.1 Å². The first kappa shape index (κ1) is 12.7. The van der Waals surface area contributed by atoms with Gasteiger partial charge < -0.3 is 9.47 Å². The van der Waals surface area contributed by atoms with Gasteiger partial charge in [-0.2, -0.15) is 5.26 Å². The molecule has 1 atom stereocenters. The molecule has 1 fully saturated rings. The molecule has 0 amide bonds. The zero-order valence-corrected chi connectivity index (χ0v) is 10.6. The van der Waals surface area contributed by atoms with Crippen molar-refractivity contribution in [2.45, 2.75) is 18.9 Å². The molecule has 1 aromatic carbocycles. The maximum absolute atomic E-state index is 8.57. The predicted octanol–water partition coefficient (Wildman–Crippen LogP) is 2.06. The van der Waals surface area contributed by atoms with Crippen molar-refractivity contribution in [3.8, 4) is 17.6 Å². The third-order valence-electron chi connectivity index (χ3n) is 3.13. The molecule has 1 aliphatic rings. The molecule has 0 saturated carbocycles. The maximum atomic E-state index is 8.57. The zero-order chi connectivity index (χ0) is 12.8. The molecule has 0 spiro atoms. The fraction of sp³-hybridized carbons (Fsp3) is 0.500. The van der Waals surface area contributed by atoms with Gasteiger partial charge in [-0.05, 0) is 18.6 Å². The lowest BCUT2D eigenvalue weighted by atomic mass is 10.3. The number of para-hydroxylation sites is 2. The van der Waals surface area contributed by atoms with Crippen LogP contribution in [0.1, 0.15) is 12.8 Å². The van der Waals surface area contributed by atoms with E-state index in [-0.39, 0.29) is 6.10 Å². The van der Waals surface area contributed by atoms with Crippen LogP contribution in [0.4, 0.5) is 0 Å². The third-order valence-corrected chi connectivity index (χ3v) is 3.13. The van der Waals surface area contributed by atoms with Gasteiger partial charge in [-0.25, -0.2) is 0 Å². The van der Waals surface area contributed by atoms with Crippen LogP contribution < -0.4 is 9.47 Å². The van der Waals surface area contributed by atoms with Gasteiger partial charge in [-0.3, -0.25) is 4.90 Å². The number of nitriles is 1. The minimum Gasteiger partial charge on any atom is -0.493 e. The van der Waals surface area contributed by atoms with E-state index < -0.39 is 0 Å². The molecule has 0 aliphatic carbocycles. The van der Waals surface area contributed by atoms with Crippen LogP contribution in [-0.4, -0.2) is 37.7 Å². The second kappa shape index (κ2) is 6.27. The molecule has 1 aliphatic heterocycles. The van der Waals surface area contributed by atoms with E-state index in [0.29, 0.717) is 6.42 Å². The lowest BCUT2D eigenvalue weighted by Gasteiger charge is -2.17. The fourth-order valence-corrected chi connectivity index (χ4v) is 2.20. The molecule has 0 radical (unpaired) electrons. The van der Waals surface area contributed by atoms with Crippen molar-refractivity contribution >= 4 is 0 Å². The minimum absolute atomic E-state index is 0.194. The molecular weight excluding hydrogens is 228 g/mol. The summed E-state index contributed by atoms with van der Waals surface area (Å²) in [4.78, 5) is 2.27. The SMILES string of the molecule is COc1ccccc1OC1CCN(CCC#N)C1. The van der Waals surface area contributed by atoms with Crippen molar-refractivity contribution in [2.24, 2.45) is 0 Å². The van der Waals surface area contributed by atoms with E-state index in [9.17, 15) is 0 Å². The molecule has 1 saturated heterocycles. The van der Waals surface area contributed by atoms with Crippen molar-refractivity contribution in [1.29, 1.82) is 5.26 Å². The summed E-state index contributed by atoms with van der Waals surface area (Å²) in [5, 5.41) is 8.57. The van der Waals surface area contributed by atoms with Gasteiger partial charge in [-0.15, -0.1) is 0 Å². The van der Waals surface area contributed by atoms with Crippen LogP contribution >= 0.6 is 0 Å². The van der Waals surface area contributed by atoms with E-state index in [2.05, 4.69) is 11.0 Å². The highest BCUT2D eigenvalue weighted by Gasteiger charge is 2.24. The molecule has 1 heterocycles. The molecule has 2 rings (SSSR count). The Balaban J connectivity index is 1.89. The Morgan fingerprint density at radius 3 is 2.89 bits per heavy atom. The first-order valence-electron chi connectivity index (χ1n) is 6.22. The van der Waals surface area contributed by atoms with Crippen LogP contribution in [0.5, 0.6) is 11.5 Å². The van der Waals surface area contributed by atoms with Crippen LogP contribution in [0.3, 0.4) is 0 Å². The summed E-state index contributed by atoms with van der Waals surface area (Å²) in [5.74, 6) is 1.57. The Bertz CT molecular complexity index is 428. The average molecular weight is 246 g/mol. The fourth-order valence-electron chi connectivity index (χ4n) is 2.20. The van der Waals surface area contributed by atoms with Crippen molar-refractivity contribution in [3.63, 3.8) is 0 Å². The molecular formula is C14H18N2O2. The van der Waals surface area contributed by atoms with Crippen LogP contribution in [-0.2, 0) is 0 Å². The third kappa shape index (κ3) is 3.14. The van der Waals surface area contributed by atoms with E-state index >= 15 is 0 Å². The van der Waals surface area contributed by atoms with Crippen molar-refractivity contribution in [1.82, 2.24) is 4.90 Å². The zero-order valence-electron chi connectivity index (χ0n) is 10.6. The van der Waals surface area contributed by atoms with Crippen LogP contribution in [0.25, 0.3) is 0 Å². The van der Waals surface area contributed by atoms with Gasteiger partial charge in [0.15, 0.2) is 11.5 Å². The minimum atomic E-state index is 0.194. The Hall–Kier alpha value is -1.73. The summed E-state index contributed by atoms with van der Waals surface area (Å²) >= 11 is 0. The van der Waals surface area contributed by atoms with Crippen LogP contribution in [0.15, 0.2) is 24.3 Å². The van der Waals surface area contributed by atoms with Gasteiger partial charge >= 0.3 is 0 Å². The van der Waals surface area contributed by atoms with E-state index in [1.54, 1.807) is 7.11 Å². The number of methoxy groups -OCH3 is 1. The molecule has 1 unspecified atom stereocenters. The topological polar surface area (TPSA) is 45.5 Å². The Kier molecular flexibility index (Phi) is 4.43. The molecule has 4 heteroatoms. The lowest BCUT2D eigenvalue weighted by Crippen LogP contribution is -2.25. The van der Waals surface area contributed by atoms with Gasteiger partial charge in [0, 0.05) is 26.1 Å². The van der Waals surface area contributed by atoms with Gasteiger partial charge in [0.25, 0.3) is 0 Å². The van der Waals surface area contributed by atoms with Crippen molar-refractivity contribution < 1.29 is 9.47 Å². The van der Waals surface area contributed by atoms with Crippen molar-refractivity contribution in [3.05, 3.63) is 24.3 Å². The van der Waals surface area contributed by atoms with Gasteiger partial charge in [0.2, 0.25) is 0 Å². The highest BCUT2D eigenvalue weighted by molar-refractivity contribution is 5.39. The standard InChI is InChI=1S/C14H18N2O2/c1-17-13-5-2-3-6-14(13)18-12-7-10-16(11-12)9-4-8-15/h2-3,5-6,12H,4,7,9-11H2,1H3. The van der Waals surface area contributed by atoms with Crippen LogP contribution in [0.2, 0.25) is 0 Å². The molecule has 96 valence electrons. The smallest absolute Gasteiger partial charge is 0.161 e. The summed E-state index contributed by atoms with van der Waals surface area (Å²) in [5.41, 5.74) is 0. The molecule has 4 nitrogen and oxygen atoms in total. The molecule has 0 bridgehead atoms. The Labute approximate surface area is 108 Å². The number of hydrogen-bond acceptors (Lipinski definition) is 4. The molecule has 1 aromatic rings. The second-order valence-electron chi connectivity index (χ2n) is 4.39. The summed E-state index contributed by atoms with van der Waals surface area (Å²) < 4.78 is 11.2. The molecule has 0 N–H and O–H groups in total. The van der Waals surface area contributed by atoms with Gasteiger partial charge in [0.1, 0.15) is 6.10 Å². The monoisotopic (exact) mass is 246 g/mol. The average Bonchev–Trinajstić information content (AvgIpc) is 2.84. The maximum Gasteiger partial charge on any atom is 0.161 e. The van der Waals surface area contributed by atoms with E-state index in [1.165, 1.54) is 0 Å². The molecule has 18 heavy (non-hydrogen) atoms. The van der Waals surface area contributed by atoms with E-state index in [0.717, 1.165) is 37.6 Å². The Morgan fingerprint density at radius 2 is 2.17 bits per heavy atom. The normalized spacial score (nSPS) is 19.4. The molecule has 0 aromatic heterocycles. The first-order chi connectivity index (χ1) is 8.83. The summed E-state index contributed by atoms with van der Waals surface area (Å²) in [6.45, 7) is 2.73. The van der Waals surface area contributed by atoms with Crippen molar-refractivity contribution in [2.75, 3.05) is 26.7 Å². The van der Waals surface area contributed by atoms with Gasteiger partial charge in [0.05, 0.1) is 13.2 Å². The summed E-state index contributed by atoms with van der Waals surface area (Å²) in [7, 11) is 1.65. The predicted molar refractivity (Wildman–Crippen MR) is 68.7 cm³/mol. The largest absolute Gasteiger partial charge is 0.493 e. The lowest BCUT2D eigenvalue weighted by molar-refractivity contribution is 0.193. The summed E-state index contributed by atoms with van der Waals surface area (Å²) in [6, 6.07) is 9.88. The van der Waals surface area contributed by atoms with Crippen LogP contribution in [0, 0.1) is 11.3 Å². The number of ether oxygens (including phenoxy) is 2. The Morgan fingerprint density at radius 1 is 1.39 bits per heavy atom. The number of hydrogen-bond donors (Lipinski definition) is 0. The second-order valence-corrected chi connectivity index (χ2v) is 4.39. The number of benzene rings is 1. The van der Waals surface area contributed by atoms with E-state index in [1.807, 2.05) is 24.3 Å². The quantitative estimate of drug-likeness (QED) is 0.797. The number of rotatable bonds is 5. The summed E-state index contributed by atoms with van der Waals surface area (Å²) in [6.07, 6.45) is 1.78. The highest BCUT2D eigenvalue weighted by Crippen LogP contribution is 2.28. The first-order valence-corrected chi connectivity index (χ1v) is 6.22. The number of nitrogens with zero attached hydrogens (tertiary/aromatic N) is 2. The van der Waals surface area contributed by atoms with E-state index in [4.69, 9.17) is 14.7 Å². The number of likely N-dealkylation sites (tertiary alicyclic amines) is 1. The highest BCUT2D eigenvalue weighted by atomic mass is 16.5.